The third-order valence-corrected chi connectivity index (χ3v) is 4.12. The Labute approximate surface area is 98.5 Å². The van der Waals surface area contributed by atoms with Crippen molar-refractivity contribution >= 4 is 11.8 Å². The number of nitrogens with one attached hydrogen (secondary N) is 1. The van der Waals surface area contributed by atoms with Gasteiger partial charge in [0, 0.05) is 30.1 Å². The van der Waals surface area contributed by atoms with Gasteiger partial charge in [0.05, 0.1) is 0 Å². The zero-order valence-electron chi connectivity index (χ0n) is 10.0. The normalized spacial score (nSPS) is 27.9. The van der Waals surface area contributed by atoms with Gasteiger partial charge in [-0.15, -0.1) is 6.58 Å². The van der Waals surface area contributed by atoms with Gasteiger partial charge in [-0.1, -0.05) is 6.08 Å². The number of hydrogen-bond acceptors (Lipinski definition) is 3. The van der Waals surface area contributed by atoms with Crippen LogP contribution in [0, 0.1) is 0 Å². The molecule has 0 aromatic rings. The Morgan fingerprint density at radius 1 is 1.60 bits per heavy atom. The molecule has 1 aliphatic rings. The van der Waals surface area contributed by atoms with Gasteiger partial charge in [0.15, 0.2) is 0 Å². The van der Waals surface area contributed by atoms with Crippen LogP contribution >= 0.6 is 11.8 Å². The van der Waals surface area contributed by atoms with Crippen molar-refractivity contribution in [2.24, 2.45) is 0 Å². The van der Waals surface area contributed by atoms with E-state index in [1.807, 2.05) is 17.8 Å². The van der Waals surface area contributed by atoms with Crippen LogP contribution < -0.4 is 5.32 Å². The van der Waals surface area contributed by atoms with Crippen LogP contribution in [0.1, 0.15) is 19.8 Å². The van der Waals surface area contributed by atoms with Gasteiger partial charge in [0.1, 0.15) is 0 Å². The van der Waals surface area contributed by atoms with E-state index in [9.17, 15) is 0 Å². The summed E-state index contributed by atoms with van der Waals surface area (Å²) < 4.78 is 0. The van der Waals surface area contributed by atoms with Crippen LogP contribution in [0.3, 0.4) is 0 Å². The van der Waals surface area contributed by atoms with E-state index in [0.717, 1.165) is 17.8 Å². The first-order valence-corrected chi connectivity index (χ1v) is 7.03. The molecule has 1 aliphatic heterocycles. The molecule has 15 heavy (non-hydrogen) atoms. The molecule has 3 heteroatoms. The Kier molecular flexibility index (Phi) is 6.37. The molecule has 1 heterocycles. The van der Waals surface area contributed by atoms with E-state index >= 15 is 0 Å². The van der Waals surface area contributed by atoms with Crippen molar-refractivity contribution in [2.75, 3.05) is 31.6 Å². The summed E-state index contributed by atoms with van der Waals surface area (Å²) in [5, 5.41) is 3.39. The molecule has 0 aromatic heterocycles. The molecule has 0 radical (unpaired) electrons. The number of thioether (sulfide) groups is 1. The molecule has 0 saturated carbocycles. The van der Waals surface area contributed by atoms with E-state index in [-0.39, 0.29) is 0 Å². The highest BCUT2D eigenvalue weighted by atomic mass is 32.2. The fourth-order valence-electron chi connectivity index (χ4n) is 2.16. The fraction of sp³-hybridized carbons (Fsp3) is 0.833. The van der Waals surface area contributed by atoms with Crippen LogP contribution in [0.5, 0.6) is 0 Å². The van der Waals surface area contributed by atoms with Gasteiger partial charge in [-0.25, -0.2) is 0 Å². The van der Waals surface area contributed by atoms with Crippen LogP contribution in [0.2, 0.25) is 0 Å². The van der Waals surface area contributed by atoms with Gasteiger partial charge in [0.2, 0.25) is 0 Å². The molecular formula is C12H24N2S. The van der Waals surface area contributed by atoms with Crippen molar-refractivity contribution in [3.8, 4) is 0 Å². The summed E-state index contributed by atoms with van der Waals surface area (Å²) in [6.45, 7) is 8.57. The Bertz CT molecular complexity index is 184. The van der Waals surface area contributed by atoms with Crippen molar-refractivity contribution in [3.63, 3.8) is 0 Å². The van der Waals surface area contributed by atoms with Crippen molar-refractivity contribution in [1.29, 1.82) is 0 Å². The van der Waals surface area contributed by atoms with Crippen LogP contribution in [0.4, 0.5) is 0 Å². The van der Waals surface area contributed by atoms with Crippen molar-refractivity contribution in [2.45, 2.75) is 31.8 Å². The monoisotopic (exact) mass is 228 g/mol. The van der Waals surface area contributed by atoms with E-state index in [2.05, 4.69) is 30.8 Å². The van der Waals surface area contributed by atoms with Crippen molar-refractivity contribution in [3.05, 3.63) is 12.7 Å². The zero-order chi connectivity index (χ0) is 11.1. The Hall–Kier alpha value is 0.01000. The SMILES string of the molecule is C=CCSCCN1CCC(NC)CC1C. The average molecular weight is 228 g/mol. The molecule has 0 aromatic carbocycles. The number of piperidine rings is 1. The molecule has 0 spiro atoms. The maximum Gasteiger partial charge on any atom is 0.0111 e. The Morgan fingerprint density at radius 3 is 3.00 bits per heavy atom. The lowest BCUT2D eigenvalue weighted by Crippen LogP contribution is -2.47. The lowest BCUT2D eigenvalue weighted by molar-refractivity contribution is 0.147. The van der Waals surface area contributed by atoms with Crippen molar-refractivity contribution < 1.29 is 0 Å². The first-order chi connectivity index (χ1) is 7.27. The maximum atomic E-state index is 3.74. The first-order valence-electron chi connectivity index (χ1n) is 5.88. The first kappa shape index (κ1) is 13.1. The second kappa shape index (κ2) is 7.31. The van der Waals surface area contributed by atoms with Gasteiger partial charge in [-0.2, -0.15) is 11.8 Å². The molecule has 1 rings (SSSR count). The quantitative estimate of drug-likeness (QED) is 0.553. The molecule has 2 nitrogen and oxygen atoms in total. The maximum absolute atomic E-state index is 3.74. The van der Waals surface area contributed by atoms with Gasteiger partial charge in [-0.05, 0) is 33.4 Å². The van der Waals surface area contributed by atoms with E-state index in [4.69, 9.17) is 0 Å². The minimum absolute atomic E-state index is 0.733. The van der Waals surface area contributed by atoms with Gasteiger partial charge < -0.3 is 5.32 Å². The topological polar surface area (TPSA) is 15.3 Å². The van der Waals surface area contributed by atoms with Crippen LogP contribution in [-0.2, 0) is 0 Å². The predicted octanol–water partition coefficient (Wildman–Crippen LogP) is 1.98. The summed E-state index contributed by atoms with van der Waals surface area (Å²) in [7, 11) is 2.08. The minimum atomic E-state index is 0.733. The molecule has 1 saturated heterocycles. The molecule has 0 bridgehead atoms. The van der Waals surface area contributed by atoms with Gasteiger partial charge >= 0.3 is 0 Å². The summed E-state index contributed by atoms with van der Waals surface area (Å²) >= 11 is 1.98. The number of likely N-dealkylation sites (tertiary alicyclic amines) is 1. The highest BCUT2D eigenvalue weighted by Gasteiger charge is 2.23. The van der Waals surface area contributed by atoms with E-state index < -0.39 is 0 Å². The third-order valence-electron chi connectivity index (χ3n) is 3.18. The molecule has 2 unspecified atom stereocenters. The minimum Gasteiger partial charge on any atom is -0.317 e. The Balaban J connectivity index is 2.16. The zero-order valence-corrected chi connectivity index (χ0v) is 10.9. The van der Waals surface area contributed by atoms with Gasteiger partial charge in [-0.3, -0.25) is 4.90 Å². The molecule has 1 N–H and O–H groups in total. The van der Waals surface area contributed by atoms with Crippen molar-refractivity contribution in [1.82, 2.24) is 10.2 Å². The van der Waals surface area contributed by atoms with Crippen LogP contribution in [0.25, 0.3) is 0 Å². The fourth-order valence-corrected chi connectivity index (χ4v) is 2.86. The van der Waals surface area contributed by atoms with Gasteiger partial charge in [0.25, 0.3) is 0 Å². The summed E-state index contributed by atoms with van der Waals surface area (Å²) in [5.74, 6) is 2.32. The lowest BCUT2D eigenvalue weighted by atomic mass is 9.99. The lowest BCUT2D eigenvalue weighted by Gasteiger charge is -2.37. The third kappa shape index (κ3) is 4.58. The number of rotatable bonds is 6. The number of nitrogens with zero attached hydrogens (tertiary/aromatic N) is 1. The summed E-state index contributed by atoms with van der Waals surface area (Å²) in [4.78, 5) is 2.62. The molecule has 88 valence electrons. The number of hydrogen-bond donors (Lipinski definition) is 1. The molecular weight excluding hydrogens is 204 g/mol. The molecule has 2 atom stereocenters. The largest absolute Gasteiger partial charge is 0.317 e. The smallest absolute Gasteiger partial charge is 0.0111 e. The summed E-state index contributed by atoms with van der Waals surface area (Å²) in [6.07, 6.45) is 4.58. The van der Waals surface area contributed by atoms with Crippen LogP contribution in [0.15, 0.2) is 12.7 Å². The molecule has 0 amide bonds. The van der Waals surface area contributed by atoms with E-state index in [0.29, 0.717) is 0 Å². The predicted molar refractivity (Wildman–Crippen MR) is 70.6 cm³/mol. The van der Waals surface area contributed by atoms with Crippen LogP contribution in [-0.4, -0.2) is 48.6 Å². The van der Waals surface area contributed by atoms with E-state index in [1.165, 1.54) is 31.7 Å². The highest BCUT2D eigenvalue weighted by Crippen LogP contribution is 2.17. The molecule has 1 fully saturated rings. The standard InChI is InChI=1S/C12H24N2S/c1-4-8-15-9-7-14-6-5-12(13-3)10-11(14)2/h4,11-13H,1,5-10H2,2-3H3. The Morgan fingerprint density at radius 2 is 2.40 bits per heavy atom. The summed E-state index contributed by atoms with van der Waals surface area (Å²) in [6, 6.07) is 1.47. The second-order valence-electron chi connectivity index (χ2n) is 4.26. The second-order valence-corrected chi connectivity index (χ2v) is 5.41. The van der Waals surface area contributed by atoms with E-state index in [1.54, 1.807) is 0 Å². The molecule has 0 aliphatic carbocycles. The average Bonchev–Trinajstić information content (AvgIpc) is 2.26. The highest BCUT2D eigenvalue weighted by molar-refractivity contribution is 7.99. The summed E-state index contributed by atoms with van der Waals surface area (Å²) in [5.41, 5.74) is 0.